The monoisotopic (exact) mass is 550 g/mol. The number of piperidine rings is 1. The summed E-state index contributed by atoms with van der Waals surface area (Å²) in [6.07, 6.45) is 0.855. The number of carbonyl (C=O) groups is 2. The fourth-order valence-corrected chi connectivity index (χ4v) is 4.85. The Morgan fingerprint density at radius 2 is 1.72 bits per heavy atom. The SMILES string of the molecule is CCN(CC)C(=O)c1ccc2c(c1)OCc1ccccc1C2=C1CCN(C(=O)OCC(Cl)(Cl)Cl)CC1. The van der Waals surface area contributed by atoms with Gasteiger partial charge in [0.2, 0.25) is 3.79 Å². The number of hydrogen-bond donors (Lipinski definition) is 0. The summed E-state index contributed by atoms with van der Waals surface area (Å²) in [5, 5.41) is 0. The highest BCUT2D eigenvalue weighted by molar-refractivity contribution is 6.67. The Labute approximate surface area is 226 Å². The van der Waals surface area contributed by atoms with Gasteiger partial charge in [-0.1, -0.05) is 64.6 Å². The number of ether oxygens (including phenoxy) is 2. The number of benzene rings is 2. The second-order valence-electron chi connectivity index (χ2n) is 8.77. The topological polar surface area (TPSA) is 59.1 Å². The summed E-state index contributed by atoms with van der Waals surface area (Å²) in [6.45, 7) is 6.35. The molecule has 0 aromatic heterocycles. The van der Waals surface area contributed by atoms with Gasteiger partial charge in [-0.3, -0.25) is 4.79 Å². The normalized spacial score (nSPS) is 15.4. The molecule has 2 aliphatic heterocycles. The summed E-state index contributed by atoms with van der Waals surface area (Å²) >= 11 is 17.1. The molecule has 2 heterocycles. The number of rotatable bonds is 4. The van der Waals surface area contributed by atoms with E-state index in [1.807, 2.05) is 44.2 Å². The third kappa shape index (κ3) is 5.93. The molecule has 0 atom stereocenters. The molecule has 0 saturated carbocycles. The molecule has 0 N–H and O–H groups in total. The highest BCUT2D eigenvalue weighted by Crippen LogP contribution is 2.41. The summed E-state index contributed by atoms with van der Waals surface area (Å²) < 4.78 is 9.74. The molecule has 36 heavy (non-hydrogen) atoms. The summed E-state index contributed by atoms with van der Waals surface area (Å²) in [7, 11) is 0. The van der Waals surface area contributed by atoms with Gasteiger partial charge in [0.1, 0.15) is 19.0 Å². The van der Waals surface area contributed by atoms with Crippen molar-refractivity contribution >= 4 is 52.4 Å². The molecule has 4 rings (SSSR count). The van der Waals surface area contributed by atoms with Crippen molar-refractivity contribution in [2.45, 2.75) is 37.1 Å². The van der Waals surface area contributed by atoms with E-state index in [0.717, 1.165) is 22.3 Å². The van der Waals surface area contributed by atoms with E-state index in [4.69, 9.17) is 44.3 Å². The minimum absolute atomic E-state index is 0.0101. The van der Waals surface area contributed by atoms with Crippen LogP contribution in [0.25, 0.3) is 5.57 Å². The van der Waals surface area contributed by atoms with Crippen LogP contribution in [-0.2, 0) is 11.3 Å². The molecular formula is C27H29Cl3N2O4. The molecule has 6 nitrogen and oxygen atoms in total. The number of fused-ring (bicyclic) bond motifs is 2. The van der Waals surface area contributed by atoms with Crippen molar-refractivity contribution in [1.82, 2.24) is 9.80 Å². The maximum atomic E-state index is 13.0. The molecule has 2 amide bonds. The van der Waals surface area contributed by atoms with Gasteiger partial charge in [-0.15, -0.1) is 0 Å². The maximum absolute atomic E-state index is 13.0. The number of nitrogens with zero attached hydrogens (tertiary/aromatic N) is 2. The predicted molar refractivity (Wildman–Crippen MR) is 143 cm³/mol. The molecule has 1 saturated heterocycles. The van der Waals surface area contributed by atoms with Crippen molar-refractivity contribution in [1.29, 1.82) is 0 Å². The van der Waals surface area contributed by atoms with E-state index in [2.05, 4.69) is 12.1 Å². The summed E-state index contributed by atoms with van der Waals surface area (Å²) in [4.78, 5) is 28.8. The van der Waals surface area contributed by atoms with Crippen LogP contribution >= 0.6 is 34.8 Å². The molecule has 2 aromatic carbocycles. The lowest BCUT2D eigenvalue weighted by atomic mass is 9.86. The first-order chi connectivity index (χ1) is 17.2. The average Bonchev–Trinajstić information content (AvgIpc) is 3.04. The van der Waals surface area contributed by atoms with Crippen LogP contribution < -0.4 is 4.74 Å². The molecule has 192 valence electrons. The Kier molecular flexibility index (Phi) is 8.38. The van der Waals surface area contributed by atoms with Gasteiger partial charge in [0.25, 0.3) is 5.91 Å². The van der Waals surface area contributed by atoms with E-state index >= 15 is 0 Å². The summed E-state index contributed by atoms with van der Waals surface area (Å²) in [5.41, 5.74) is 6.09. The van der Waals surface area contributed by atoms with Gasteiger partial charge in [0.15, 0.2) is 0 Å². The first-order valence-electron chi connectivity index (χ1n) is 12.1. The number of amides is 2. The summed E-state index contributed by atoms with van der Waals surface area (Å²) in [6, 6.07) is 13.9. The minimum Gasteiger partial charge on any atom is -0.488 e. The smallest absolute Gasteiger partial charge is 0.409 e. The largest absolute Gasteiger partial charge is 0.488 e. The Balaban J connectivity index is 1.66. The molecule has 0 bridgehead atoms. The highest BCUT2D eigenvalue weighted by Gasteiger charge is 2.29. The van der Waals surface area contributed by atoms with Gasteiger partial charge in [0.05, 0.1) is 0 Å². The van der Waals surface area contributed by atoms with Gasteiger partial charge in [-0.05, 0) is 61.6 Å². The van der Waals surface area contributed by atoms with Gasteiger partial charge in [-0.2, -0.15) is 0 Å². The Morgan fingerprint density at radius 3 is 2.39 bits per heavy atom. The van der Waals surface area contributed by atoms with E-state index in [1.54, 1.807) is 9.80 Å². The van der Waals surface area contributed by atoms with Crippen LogP contribution in [0.3, 0.4) is 0 Å². The van der Waals surface area contributed by atoms with E-state index in [-0.39, 0.29) is 12.5 Å². The fraction of sp³-hybridized carbons (Fsp3) is 0.407. The van der Waals surface area contributed by atoms with Gasteiger partial charge in [0, 0.05) is 37.3 Å². The Bertz CT molecular complexity index is 1160. The molecule has 0 radical (unpaired) electrons. The second kappa shape index (κ2) is 11.3. The van der Waals surface area contributed by atoms with Crippen LogP contribution in [0.1, 0.15) is 53.7 Å². The molecule has 2 aromatic rings. The third-order valence-corrected chi connectivity index (χ3v) is 6.88. The van der Waals surface area contributed by atoms with Crippen molar-refractivity contribution < 1.29 is 19.1 Å². The first-order valence-corrected chi connectivity index (χ1v) is 13.2. The van der Waals surface area contributed by atoms with Crippen molar-refractivity contribution in [2.75, 3.05) is 32.8 Å². The third-order valence-electron chi connectivity index (χ3n) is 6.56. The van der Waals surface area contributed by atoms with Crippen LogP contribution in [0, 0.1) is 0 Å². The van der Waals surface area contributed by atoms with Crippen molar-refractivity contribution in [3.8, 4) is 5.75 Å². The Morgan fingerprint density at radius 1 is 1.03 bits per heavy atom. The van der Waals surface area contributed by atoms with Gasteiger partial charge >= 0.3 is 6.09 Å². The molecule has 0 aliphatic carbocycles. The van der Waals surface area contributed by atoms with E-state index < -0.39 is 9.89 Å². The van der Waals surface area contributed by atoms with Crippen LogP contribution in [0.5, 0.6) is 5.75 Å². The molecule has 0 spiro atoms. The number of alkyl halides is 3. The highest BCUT2D eigenvalue weighted by atomic mass is 35.6. The van der Waals surface area contributed by atoms with Crippen LogP contribution in [0.4, 0.5) is 4.79 Å². The number of carbonyl (C=O) groups excluding carboxylic acids is 2. The van der Waals surface area contributed by atoms with Gasteiger partial charge < -0.3 is 19.3 Å². The Hall–Kier alpha value is -2.41. The maximum Gasteiger partial charge on any atom is 0.409 e. The standard InChI is InChI=1S/C27H29Cl3N2O4/c1-3-31(4-2)25(33)19-9-10-22-23(15-19)35-16-20-7-5-6-8-21(20)24(22)18-11-13-32(14-12-18)26(34)36-17-27(28,29)30/h5-10,15H,3-4,11-14,16-17H2,1-2H3. The van der Waals surface area contributed by atoms with Crippen molar-refractivity contribution in [3.63, 3.8) is 0 Å². The van der Waals surface area contributed by atoms with E-state index in [0.29, 0.717) is 56.9 Å². The van der Waals surface area contributed by atoms with Crippen molar-refractivity contribution in [2.24, 2.45) is 0 Å². The van der Waals surface area contributed by atoms with Gasteiger partial charge in [-0.25, -0.2) is 4.79 Å². The molecule has 1 fully saturated rings. The predicted octanol–water partition coefficient (Wildman–Crippen LogP) is 6.47. The number of halogens is 3. The summed E-state index contributed by atoms with van der Waals surface area (Å²) in [5.74, 6) is 0.681. The minimum atomic E-state index is -1.64. The molecule has 9 heteroatoms. The van der Waals surface area contributed by atoms with E-state index in [9.17, 15) is 9.59 Å². The lowest BCUT2D eigenvalue weighted by Gasteiger charge is -2.30. The zero-order chi connectivity index (χ0) is 25.9. The van der Waals surface area contributed by atoms with Crippen LogP contribution in [0.2, 0.25) is 0 Å². The fourth-order valence-electron chi connectivity index (χ4n) is 4.69. The zero-order valence-electron chi connectivity index (χ0n) is 20.4. The number of hydrogen-bond acceptors (Lipinski definition) is 4. The first kappa shape index (κ1) is 26.6. The van der Waals surface area contributed by atoms with Crippen molar-refractivity contribution in [3.05, 3.63) is 70.3 Å². The molecular weight excluding hydrogens is 523 g/mol. The zero-order valence-corrected chi connectivity index (χ0v) is 22.6. The quantitative estimate of drug-likeness (QED) is 0.409. The molecule has 2 aliphatic rings. The van der Waals surface area contributed by atoms with Crippen LogP contribution in [-0.4, -0.2) is 58.4 Å². The average molecular weight is 552 g/mol. The second-order valence-corrected chi connectivity index (χ2v) is 11.3. The number of likely N-dealkylation sites (tertiary alicyclic amines) is 1. The van der Waals surface area contributed by atoms with Crippen LogP contribution in [0.15, 0.2) is 48.0 Å². The van der Waals surface area contributed by atoms with E-state index in [1.165, 1.54) is 5.57 Å². The lowest BCUT2D eigenvalue weighted by molar-refractivity contribution is 0.0772. The molecule has 0 unspecified atom stereocenters. The lowest BCUT2D eigenvalue weighted by Crippen LogP contribution is -2.38.